The van der Waals surface area contributed by atoms with Gasteiger partial charge in [-0.2, -0.15) is 0 Å². The minimum atomic E-state index is -1.87. The highest BCUT2D eigenvalue weighted by atomic mass is 16.6. The number of carbonyl (C=O) groups is 2. The van der Waals surface area contributed by atoms with Gasteiger partial charge in [0.2, 0.25) is 0 Å². The van der Waals surface area contributed by atoms with Gasteiger partial charge in [0.25, 0.3) is 5.56 Å². The van der Waals surface area contributed by atoms with Crippen LogP contribution in [-0.2, 0) is 34.7 Å². The summed E-state index contributed by atoms with van der Waals surface area (Å²) in [6, 6.07) is 7.35. The first-order chi connectivity index (χ1) is 18.2. The van der Waals surface area contributed by atoms with Crippen molar-refractivity contribution in [1.29, 1.82) is 0 Å². The number of aliphatic hydroxyl groups is 1. The molecule has 0 spiro atoms. The van der Waals surface area contributed by atoms with E-state index in [1.54, 1.807) is 28.5 Å². The van der Waals surface area contributed by atoms with E-state index in [2.05, 4.69) is 4.90 Å². The lowest BCUT2D eigenvalue weighted by Crippen LogP contribution is -2.48. The molecule has 0 radical (unpaired) electrons. The van der Waals surface area contributed by atoms with Crippen LogP contribution in [0, 0.1) is 0 Å². The third-order valence-corrected chi connectivity index (χ3v) is 8.06. The number of amides is 1. The molecule has 1 aromatic carbocycles. The Hall–Kier alpha value is -3.76. The molecule has 3 aromatic rings. The summed E-state index contributed by atoms with van der Waals surface area (Å²) in [7, 11) is 2.03. The number of pyridine rings is 2. The van der Waals surface area contributed by atoms with E-state index in [4.69, 9.17) is 14.5 Å². The molecular formula is C28H30N4O6. The predicted molar refractivity (Wildman–Crippen MR) is 139 cm³/mol. The molecule has 0 saturated carbocycles. The Labute approximate surface area is 219 Å². The molecule has 1 fully saturated rings. The zero-order valence-electron chi connectivity index (χ0n) is 21.7. The number of aryl methyl sites for hydroxylation is 1. The van der Waals surface area contributed by atoms with E-state index in [0.29, 0.717) is 47.6 Å². The number of ether oxygens (including phenoxy) is 2. The number of likely N-dealkylation sites (N-methyl/N-ethyl adjacent to an activating group) is 1. The molecule has 1 saturated heterocycles. The number of aromatic nitrogens is 2. The van der Waals surface area contributed by atoms with Gasteiger partial charge in [0, 0.05) is 42.7 Å². The van der Waals surface area contributed by atoms with Crippen LogP contribution in [0.4, 0.5) is 4.79 Å². The van der Waals surface area contributed by atoms with Gasteiger partial charge in [0.1, 0.15) is 12.4 Å². The zero-order chi connectivity index (χ0) is 26.8. The number of fused-ring (bicyclic) bond motifs is 5. The number of piperazine rings is 1. The number of carbonyl (C=O) groups excluding carboxylic acids is 2. The predicted octanol–water partition coefficient (Wildman–Crippen LogP) is 2.39. The fourth-order valence-electron chi connectivity index (χ4n) is 5.62. The Morgan fingerprint density at radius 2 is 1.92 bits per heavy atom. The summed E-state index contributed by atoms with van der Waals surface area (Å²) in [5.41, 5.74) is 2.03. The molecule has 2 aromatic heterocycles. The van der Waals surface area contributed by atoms with E-state index in [-0.39, 0.29) is 42.4 Å². The molecule has 0 unspecified atom stereocenters. The molecule has 10 nitrogen and oxygen atoms in total. The smallest absolute Gasteiger partial charge is 0.415 e. The second-order valence-electron chi connectivity index (χ2n) is 10.2. The lowest BCUT2D eigenvalue weighted by molar-refractivity contribution is -0.172. The van der Waals surface area contributed by atoms with Crippen LogP contribution < -0.4 is 10.3 Å². The summed E-state index contributed by atoms with van der Waals surface area (Å²) in [5.74, 6) is -0.319. The normalized spacial score (nSPS) is 20.6. The number of rotatable bonds is 3. The largest absolute Gasteiger partial charge is 0.458 e. The highest BCUT2D eigenvalue weighted by Crippen LogP contribution is 2.40. The van der Waals surface area contributed by atoms with Crippen molar-refractivity contribution in [1.82, 2.24) is 19.4 Å². The van der Waals surface area contributed by atoms with Crippen LogP contribution in [0.3, 0.4) is 0 Å². The number of benzene rings is 1. The maximum atomic E-state index is 13.5. The Kier molecular flexibility index (Phi) is 5.77. The van der Waals surface area contributed by atoms with Crippen molar-refractivity contribution in [2.24, 2.45) is 0 Å². The molecule has 5 heterocycles. The van der Waals surface area contributed by atoms with Gasteiger partial charge in [-0.1, -0.05) is 19.9 Å². The summed E-state index contributed by atoms with van der Waals surface area (Å²) in [5, 5.41) is 11.8. The highest BCUT2D eigenvalue weighted by molar-refractivity contribution is 5.93. The second-order valence-corrected chi connectivity index (χ2v) is 10.2. The summed E-state index contributed by atoms with van der Waals surface area (Å²) in [4.78, 5) is 47.7. The molecule has 6 rings (SSSR count). The van der Waals surface area contributed by atoms with E-state index in [0.717, 1.165) is 24.2 Å². The van der Waals surface area contributed by atoms with Gasteiger partial charge in [0.15, 0.2) is 5.60 Å². The van der Waals surface area contributed by atoms with Crippen molar-refractivity contribution in [3.63, 3.8) is 0 Å². The van der Waals surface area contributed by atoms with Gasteiger partial charge in [0.05, 0.1) is 29.0 Å². The van der Waals surface area contributed by atoms with Crippen molar-refractivity contribution in [3.8, 4) is 17.1 Å². The second kappa shape index (κ2) is 8.92. The lowest BCUT2D eigenvalue weighted by atomic mass is 9.86. The quantitative estimate of drug-likeness (QED) is 0.411. The average Bonchev–Trinajstić information content (AvgIpc) is 3.28. The van der Waals surface area contributed by atoms with Gasteiger partial charge < -0.3 is 28.9 Å². The first kappa shape index (κ1) is 24.6. The van der Waals surface area contributed by atoms with Gasteiger partial charge in [-0.25, -0.2) is 14.6 Å². The maximum absolute atomic E-state index is 13.5. The van der Waals surface area contributed by atoms with Gasteiger partial charge in [-0.15, -0.1) is 0 Å². The Bertz CT molecular complexity index is 1560. The molecule has 10 heteroatoms. The number of esters is 1. The number of cyclic esters (lactones) is 1. The summed E-state index contributed by atoms with van der Waals surface area (Å²) in [6.45, 7) is 6.61. The van der Waals surface area contributed by atoms with Gasteiger partial charge >= 0.3 is 12.1 Å². The minimum Gasteiger partial charge on any atom is -0.458 e. The van der Waals surface area contributed by atoms with Crippen LogP contribution in [0.2, 0.25) is 0 Å². The summed E-state index contributed by atoms with van der Waals surface area (Å²) < 4.78 is 12.6. The number of hydrogen-bond donors (Lipinski definition) is 1. The third-order valence-electron chi connectivity index (χ3n) is 8.06. The lowest BCUT2D eigenvalue weighted by Gasteiger charge is -2.31. The number of nitrogens with zero attached hydrogens (tertiary/aromatic N) is 4. The Morgan fingerprint density at radius 3 is 2.63 bits per heavy atom. The molecule has 1 N–H and O–H groups in total. The molecular weight excluding hydrogens is 488 g/mol. The Morgan fingerprint density at radius 1 is 1.16 bits per heavy atom. The molecule has 38 heavy (non-hydrogen) atoms. The molecule has 3 aliphatic heterocycles. The van der Waals surface area contributed by atoms with Crippen LogP contribution >= 0.6 is 0 Å². The summed E-state index contributed by atoms with van der Waals surface area (Å²) >= 11 is 0. The fourth-order valence-corrected chi connectivity index (χ4v) is 5.62. The van der Waals surface area contributed by atoms with E-state index in [1.165, 1.54) is 0 Å². The van der Waals surface area contributed by atoms with Crippen LogP contribution in [0.5, 0.6) is 5.75 Å². The van der Waals surface area contributed by atoms with E-state index in [1.807, 2.05) is 26.1 Å². The molecule has 0 aliphatic carbocycles. The SMILES string of the molecule is CCc1ccc(OC(=O)N2CCN(C)CC2)c2cc3c(nc12)-c1cc2c(c(=O)n1C3)COC(=O)[C@]2(O)CC. The first-order valence-electron chi connectivity index (χ1n) is 13.0. The van der Waals surface area contributed by atoms with Crippen LogP contribution in [-0.4, -0.2) is 69.7 Å². The molecule has 198 valence electrons. The minimum absolute atomic E-state index is 0.0851. The highest BCUT2D eigenvalue weighted by Gasteiger charge is 2.45. The van der Waals surface area contributed by atoms with Crippen molar-refractivity contribution in [2.45, 2.75) is 45.4 Å². The maximum Gasteiger partial charge on any atom is 0.415 e. The van der Waals surface area contributed by atoms with Crippen molar-refractivity contribution < 1.29 is 24.2 Å². The molecule has 1 amide bonds. The molecule has 3 aliphatic rings. The first-order valence-corrected chi connectivity index (χ1v) is 13.0. The fraction of sp³-hybridized carbons (Fsp3) is 0.429. The van der Waals surface area contributed by atoms with E-state index < -0.39 is 11.6 Å². The van der Waals surface area contributed by atoms with Crippen molar-refractivity contribution in [2.75, 3.05) is 33.2 Å². The topological polar surface area (TPSA) is 114 Å². The zero-order valence-corrected chi connectivity index (χ0v) is 21.7. The van der Waals surface area contributed by atoms with Gasteiger partial charge in [-0.3, -0.25) is 4.79 Å². The Balaban J connectivity index is 1.45. The van der Waals surface area contributed by atoms with Gasteiger partial charge in [-0.05, 0) is 43.7 Å². The third kappa shape index (κ3) is 3.62. The standard InChI is InChI=1S/C28H30N4O6/c1-4-16-6-7-22(38-27(35)31-10-8-30(3)9-11-31)18-12-17-14-32-21(24(17)29-23(16)18)13-20-19(25(32)33)15-37-26(34)28(20,36)5-2/h6-7,12-13,36H,4-5,8-11,14-15H2,1-3H3/t28-/m0/s1. The molecule has 1 atom stereocenters. The average molecular weight is 519 g/mol. The van der Waals surface area contributed by atoms with Crippen LogP contribution in [0.15, 0.2) is 29.1 Å². The van der Waals surface area contributed by atoms with E-state index >= 15 is 0 Å². The summed E-state index contributed by atoms with van der Waals surface area (Å²) in [6.07, 6.45) is 0.412. The van der Waals surface area contributed by atoms with Crippen molar-refractivity contribution >= 4 is 23.0 Å². The monoisotopic (exact) mass is 518 g/mol. The number of hydrogen-bond acceptors (Lipinski definition) is 8. The van der Waals surface area contributed by atoms with Crippen LogP contribution in [0.25, 0.3) is 22.3 Å². The molecule has 0 bridgehead atoms. The van der Waals surface area contributed by atoms with E-state index in [9.17, 15) is 19.5 Å². The van der Waals surface area contributed by atoms with Crippen molar-refractivity contribution in [3.05, 3.63) is 56.9 Å². The van der Waals surface area contributed by atoms with Crippen LogP contribution in [0.1, 0.15) is 42.5 Å².